The molecule has 12 heavy (non-hydrogen) atoms. The van der Waals surface area contributed by atoms with Crippen LogP contribution >= 0.6 is 11.3 Å². The molecule has 0 spiro atoms. The van der Waals surface area contributed by atoms with Crippen LogP contribution in [0.4, 0.5) is 0 Å². The van der Waals surface area contributed by atoms with E-state index in [0.717, 1.165) is 17.8 Å². The highest BCUT2D eigenvalue weighted by Gasteiger charge is 2.22. The zero-order chi connectivity index (χ0) is 8.55. The molecule has 1 aromatic heterocycles. The third-order valence-corrected chi connectivity index (χ3v) is 3.44. The molecule has 0 saturated carbocycles. The molecule has 66 valence electrons. The monoisotopic (exact) mass is 183 g/mol. The number of aliphatic hydroxyl groups excluding tert-OH is 1. The van der Waals surface area contributed by atoms with Crippen LogP contribution in [0.1, 0.15) is 34.3 Å². The number of aliphatic hydroxyl groups is 1. The summed E-state index contributed by atoms with van der Waals surface area (Å²) in [7, 11) is 0. The molecule has 0 fully saturated rings. The van der Waals surface area contributed by atoms with Gasteiger partial charge < -0.3 is 5.11 Å². The van der Waals surface area contributed by atoms with Crippen LogP contribution in [-0.2, 0) is 6.42 Å². The standard InChI is InChI=1S/C9H13NOS/c1-6-10-9-7(5-11)3-2-4-8(9)12-6/h7,11H,2-5H2,1H3. The van der Waals surface area contributed by atoms with Crippen molar-refractivity contribution in [1.29, 1.82) is 0 Å². The van der Waals surface area contributed by atoms with Crippen molar-refractivity contribution < 1.29 is 5.11 Å². The molecule has 1 atom stereocenters. The second-order valence-electron chi connectivity index (χ2n) is 3.31. The van der Waals surface area contributed by atoms with Crippen molar-refractivity contribution in [3.8, 4) is 0 Å². The summed E-state index contributed by atoms with van der Waals surface area (Å²) in [6, 6.07) is 0. The van der Waals surface area contributed by atoms with Crippen LogP contribution in [0.5, 0.6) is 0 Å². The average Bonchev–Trinajstić information content (AvgIpc) is 2.44. The van der Waals surface area contributed by atoms with E-state index in [1.165, 1.54) is 17.0 Å². The molecule has 3 heteroatoms. The number of hydrogen-bond acceptors (Lipinski definition) is 3. The van der Waals surface area contributed by atoms with Gasteiger partial charge in [-0.1, -0.05) is 0 Å². The topological polar surface area (TPSA) is 33.1 Å². The fourth-order valence-corrected chi connectivity index (χ4v) is 2.87. The summed E-state index contributed by atoms with van der Waals surface area (Å²) in [5.74, 6) is 0.318. The van der Waals surface area contributed by atoms with Gasteiger partial charge in [0, 0.05) is 10.8 Å². The van der Waals surface area contributed by atoms with E-state index in [2.05, 4.69) is 4.98 Å². The lowest BCUT2D eigenvalue weighted by molar-refractivity contribution is 0.251. The fourth-order valence-electron chi connectivity index (χ4n) is 1.81. The molecule has 1 aliphatic carbocycles. The smallest absolute Gasteiger partial charge is 0.0900 e. The molecule has 1 aromatic rings. The Hall–Kier alpha value is -0.410. The van der Waals surface area contributed by atoms with Gasteiger partial charge in [-0.15, -0.1) is 11.3 Å². The van der Waals surface area contributed by atoms with E-state index in [4.69, 9.17) is 5.11 Å². The Morgan fingerprint density at radius 1 is 1.67 bits per heavy atom. The molecule has 1 N–H and O–H groups in total. The Labute approximate surface area is 76.3 Å². The molecular weight excluding hydrogens is 170 g/mol. The fraction of sp³-hybridized carbons (Fsp3) is 0.667. The van der Waals surface area contributed by atoms with Gasteiger partial charge in [0.1, 0.15) is 0 Å². The maximum absolute atomic E-state index is 9.11. The summed E-state index contributed by atoms with van der Waals surface area (Å²) in [5, 5.41) is 10.3. The predicted molar refractivity (Wildman–Crippen MR) is 49.6 cm³/mol. The molecule has 0 amide bonds. The normalized spacial score (nSPS) is 22.3. The zero-order valence-electron chi connectivity index (χ0n) is 7.21. The average molecular weight is 183 g/mol. The summed E-state index contributed by atoms with van der Waals surface area (Å²) < 4.78 is 0. The SMILES string of the molecule is Cc1nc2c(s1)CCCC2CO. The second kappa shape index (κ2) is 3.15. The molecule has 1 unspecified atom stereocenters. The van der Waals surface area contributed by atoms with Crippen LogP contribution in [0.3, 0.4) is 0 Å². The van der Waals surface area contributed by atoms with E-state index < -0.39 is 0 Å². The van der Waals surface area contributed by atoms with E-state index >= 15 is 0 Å². The van der Waals surface area contributed by atoms with Crippen molar-refractivity contribution in [3.63, 3.8) is 0 Å². The van der Waals surface area contributed by atoms with Crippen LogP contribution in [0.2, 0.25) is 0 Å². The van der Waals surface area contributed by atoms with Crippen molar-refractivity contribution in [2.45, 2.75) is 32.1 Å². The number of fused-ring (bicyclic) bond motifs is 1. The van der Waals surface area contributed by atoms with Gasteiger partial charge in [0.05, 0.1) is 17.3 Å². The van der Waals surface area contributed by atoms with Crippen molar-refractivity contribution in [2.24, 2.45) is 0 Å². The van der Waals surface area contributed by atoms with Gasteiger partial charge in [-0.2, -0.15) is 0 Å². The summed E-state index contributed by atoms with van der Waals surface area (Å²) in [6.45, 7) is 2.30. The molecule has 0 saturated heterocycles. The Morgan fingerprint density at radius 3 is 3.25 bits per heavy atom. The van der Waals surface area contributed by atoms with Crippen LogP contribution in [0, 0.1) is 6.92 Å². The molecule has 1 heterocycles. The van der Waals surface area contributed by atoms with E-state index in [1.807, 2.05) is 6.92 Å². The van der Waals surface area contributed by atoms with Crippen LogP contribution in [0.15, 0.2) is 0 Å². The van der Waals surface area contributed by atoms with Gasteiger partial charge in [0.15, 0.2) is 0 Å². The Morgan fingerprint density at radius 2 is 2.50 bits per heavy atom. The Bertz CT molecular complexity index is 282. The molecule has 0 aliphatic heterocycles. The van der Waals surface area contributed by atoms with E-state index in [1.54, 1.807) is 11.3 Å². The largest absolute Gasteiger partial charge is 0.396 e. The van der Waals surface area contributed by atoms with Crippen molar-refractivity contribution in [3.05, 3.63) is 15.6 Å². The van der Waals surface area contributed by atoms with Gasteiger partial charge >= 0.3 is 0 Å². The highest BCUT2D eigenvalue weighted by molar-refractivity contribution is 7.11. The Kier molecular flexibility index (Phi) is 2.15. The quantitative estimate of drug-likeness (QED) is 0.721. The van der Waals surface area contributed by atoms with E-state index in [-0.39, 0.29) is 6.61 Å². The number of nitrogens with zero attached hydrogens (tertiary/aromatic N) is 1. The number of aryl methyl sites for hydroxylation is 2. The van der Waals surface area contributed by atoms with Crippen LogP contribution in [-0.4, -0.2) is 16.7 Å². The highest BCUT2D eigenvalue weighted by atomic mass is 32.1. The van der Waals surface area contributed by atoms with Crippen LogP contribution < -0.4 is 0 Å². The molecule has 0 radical (unpaired) electrons. The first-order valence-corrected chi connectivity index (χ1v) is 5.20. The van der Waals surface area contributed by atoms with E-state index in [9.17, 15) is 0 Å². The minimum absolute atomic E-state index is 0.260. The lowest BCUT2D eigenvalue weighted by Gasteiger charge is -2.18. The molecule has 0 aromatic carbocycles. The summed E-state index contributed by atoms with van der Waals surface area (Å²) in [5.41, 5.74) is 1.17. The van der Waals surface area contributed by atoms with Crippen molar-refractivity contribution in [2.75, 3.05) is 6.61 Å². The van der Waals surface area contributed by atoms with Crippen molar-refractivity contribution >= 4 is 11.3 Å². The predicted octanol–water partition coefficient (Wildman–Crippen LogP) is 1.86. The third-order valence-electron chi connectivity index (χ3n) is 2.40. The van der Waals surface area contributed by atoms with Gasteiger partial charge in [0.25, 0.3) is 0 Å². The van der Waals surface area contributed by atoms with Gasteiger partial charge in [-0.05, 0) is 26.2 Å². The van der Waals surface area contributed by atoms with Gasteiger partial charge in [-0.25, -0.2) is 4.98 Å². The minimum atomic E-state index is 0.260. The maximum Gasteiger partial charge on any atom is 0.0900 e. The lowest BCUT2D eigenvalue weighted by atomic mass is 9.92. The summed E-state index contributed by atoms with van der Waals surface area (Å²) >= 11 is 1.79. The van der Waals surface area contributed by atoms with E-state index in [0.29, 0.717) is 5.92 Å². The van der Waals surface area contributed by atoms with Gasteiger partial charge in [-0.3, -0.25) is 0 Å². The number of hydrogen-bond donors (Lipinski definition) is 1. The van der Waals surface area contributed by atoms with Crippen LogP contribution in [0.25, 0.3) is 0 Å². The van der Waals surface area contributed by atoms with Crippen molar-refractivity contribution in [1.82, 2.24) is 4.98 Å². The molecule has 1 aliphatic rings. The number of thiazole rings is 1. The first kappa shape index (κ1) is 8.20. The maximum atomic E-state index is 9.11. The summed E-state index contributed by atoms with van der Waals surface area (Å²) in [6.07, 6.45) is 3.48. The molecular formula is C9H13NOS. The lowest BCUT2D eigenvalue weighted by Crippen LogP contribution is -2.11. The first-order valence-electron chi connectivity index (χ1n) is 4.38. The number of rotatable bonds is 1. The molecule has 0 bridgehead atoms. The zero-order valence-corrected chi connectivity index (χ0v) is 8.02. The highest BCUT2D eigenvalue weighted by Crippen LogP contribution is 2.33. The molecule has 2 rings (SSSR count). The van der Waals surface area contributed by atoms with Gasteiger partial charge in [0.2, 0.25) is 0 Å². The molecule has 2 nitrogen and oxygen atoms in total. The first-order chi connectivity index (χ1) is 5.81. The Balaban J connectivity index is 2.36. The second-order valence-corrected chi connectivity index (χ2v) is 4.60. The summed E-state index contributed by atoms with van der Waals surface area (Å²) in [4.78, 5) is 5.86. The third kappa shape index (κ3) is 1.27. The minimum Gasteiger partial charge on any atom is -0.396 e. The number of aromatic nitrogens is 1.